The van der Waals surface area contributed by atoms with E-state index in [2.05, 4.69) is 10.5 Å². The SMILES string of the molecule is O=C(O)COc1ccc(/C=N/NC(=O)c2ccc(OCc3ccccc3)cc2)cc1. The molecule has 0 unspecified atom stereocenters. The smallest absolute Gasteiger partial charge is 0.341 e. The summed E-state index contributed by atoms with van der Waals surface area (Å²) in [5, 5.41) is 12.5. The topological polar surface area (TPSA) is 97.2 Å². The summed E-state index contributed by atoms with van der Waals surface area (Å²) in [5.41, 5.74) is 4.70. The van der Waals surface area contributed by atoms with Gasteiger partial charge in [0.15, 0.2) is 6.61 Å². The number of carbonyl (C=O) groups excluding carboxylic acids is 1. The number of hydrogen-bond acceptors (Lipinski definition) is 5. The van der Waals surface area contributed by atoms with Crippen LogP contribution in [0, 0.1) is 0 Å². The number of nitrogens with one attached hydrogen (secondary N) is 1. The van der Waals surface area contributed by atoms with Crippen LogP contribution in [-0.4, -0.2) is 29.8 Å². The number of carbonyl (C=O) groups is 2. The monoisotopic (exact) mass is 404 g/mol. The van der Waals surface area contributed by atoms with E-state index >= 15 is 0 Å². The Morgan fingerprint density at radius 3 is 2.17 bits per heavy atom. The van der Waals surface area contributed by atoms with Gasteiger partial charge in [0.2, 0.25) is 0 Å². The van der Waals surface area contributed by atoms with Gasteiger partial charge >= 0.3 is 5.97 Å². The lowest BCUT2D eigenvalue weighted by molar-refractivity contribution is -0.139. The van der Waals surface area contributed by atoms with Crippen molar-refractivity contribution in [1.29, 1.82) is 0 Å². The fourth-order valence-electron chi connectivity index (χ4n) is 2.47. The number of carboxylic acid groups (broad SMARTS) is 1. The van der Waals surface area contributed by atoms with E-state index in [9.17, 15) is 9.59 Å². The van der Waals surface area contributed by atoms with Crippen molar-refractivity contribution in [1.82, 2.24) is 5.43 Å². The third kappa shape index (κ3) is 6.49. The van der Waals surface area contributed by atoms with Gasteiger partial charge in [-0.05, 0) is 59.7 Å². The second-order valence-corrected chi connectivity index (χ2v) is 6.25. The van der Waals surface area contributed by atoms with Crippen molar-refractivity contribution in [2.75, 3.05) is 6.61 Å². The summed E-state index contributed by atoms with van der Waals surface area (Å²) >= 11 is 0. The van der Waals surface area contributed by atoms with Gasteiger partial charge in [-0.2, -0.15) is 5.10 Å². The van der Waals surface area contributed by atoms with E-state index in [0.29, 0.717) is 23.7 Å². The van der Waals surface area contributed by atoms with Crippen LogP contribution in [-0.2, 0) is 11.4 Å². The van der Waals surface area contributed by atoms with Crippen molar-refractivity contribution >= 4 is 18.1 Å². The maximum Gasteiger partial charge on any atom is 0.341 e. The van der Waals surface area contributed by atoms with Crippen LogP contribution < -0.4 is 14.9 Å². The van der Waals surface area contributed by atoms with E-state index in [4.69, 9.17) is 14.6 Å². The Balaban J connectivity index is 1.47. The summed E-state index contributed by atoms with van der Waals surface area (Å²) in [6, 6.07) is 23.3. The van der Waals surface area contributed by atoms with Gasteiger partial charge in [-0.1, -0.05) is 30.3 Å². The average Bonchev–Trinajstić information content (AvgIpc) is 2.78. The first-order valence-corrected chi connectivity index (χ1v) is 9.15. The van der Waals surface area contributed by atoms with E-state index in [1.807, 2.05) is 30.3 Å². The molecule has 0 saturated carbocycles. The molecule has 2 N–H and O–H groups in total. The first kappa shape index (κ1) is 20.6. The molecule has 1 amide bonds. The molecule has 0 atom stereocenters. The standard InChI is InChI=1S/C23H20N2O5/c26-22(27)16-30-20-10-6-17(7-11-20)14-24-25-23(28)19-8-12-21(13-9-19)29-15-18-4-2-1-3-5-18/h1-14H,15-16H2,(H,25,28)(H,26,27)/b24-14+. The van der Waals surface area contributed by atoms with Crippen LogP contribution in [0.4, 0.5) is 0 Å². The summed E-state index contributed by atoms with van der Waals surface area (Å²) in [5.74, 6) is -0.279. The molecule has 0 bridgehead atoms. The number of rotatable bonds is 9. The van der Waals surface area contributed by atoms with Crippen LogP contribution in [0.5, 0.6) is 11.5 Å². The van der Waals surface area contributed by atoms with Crippen LogP contribution >= 0.6 is 0 Å². The highest BCUT2D eigenvalue weighted by molar-refractivity contribution is 5.95. The molecule has 30 heavy (non-hydrogen) atoms. The second-order valence-electron chi connectivity index (χ2n) is 6.25. The highest BCUT2D eigenvalue weighted by Gasteiger charge is 2.05. The van der Waals surface area contributed by atoms with Crippen molar-refractivity contribution in [2.24, 2.45) is 5.10 Å². The van der Waals surface area contributed by atoms with Crippen molar-refractivity contribution < 1.29 is 24.2 Å². The van der Waals surface area contributed by atoms with Crippen molar-refractivity contribution in [2.45, 2.75) is 6.61 Å². The molecular formula is C23H20N2O5. The molecule has 0 aliphatic rings. The van der Waals surface area contributed by atoms with E-state index in [1.165, 1.54) is 6.21 Å². The molecule has 0 aliphatic heterocycles. The first-order valence-electron chi connectivity index (χ1n) is 9.15. The van der Waals surface area contributed by atoms with Crippen LogP contribution in [0.1, 0.15) is 21.5 Å². The second kappa shape index (κ2) is 10.4. The fourth-order valence-corrected chi connectivity index (χ4v) is 2.47. The lowest BCUT2D eigenvalue weighted by Crippen LogP contribution is -2.17. The lowest BCUT2D eigenvalue weighted by Gasteiger charge is -2.07. The Hall–Kier alpha value is -4.13. The van der Waals surface area contributed by atoms with E-state index < -0.39 is 12.6 Å². The van der Waals surface area contributed by atoms with Crippen molar-refractivity contribution in [3.8, 4) is 11.5 Å². The number of hydrogen-bond donors (Lipinski definition) is 2. The Morgan fingerprint density at radius 2 is 1.50 bits per heavy atom. The Bertz CT molecular complexity index is 1000. The highest BCUT2D eigenvalue weighted by Crippen LogP contribution is 2.14. The van der Waals surface area contributed by atoms with E-state index in [-0.39, 0.29) is 5.91 Å². The highest BCUT2D eigenvalue weighted by atomic mass is 16.5. The lowest BCUT2D eigenvalue weighted by atomic mass is 10.2. The molecule has 152 valence electrons. The predicted octanol–water partition coefficient (Wildman–Crippen LogP) is 3.49. The Labute approximate surface area is 173 Å². The van der Waals surface area contributed by atoms with Crippen molar-refractivity contribution in [3.05, 3.63) is 95.6 Å². The first-order chi connectivity index (χ1) is 14.6. The molecular weight excluding hydrogens is 384 g/mol. The summed E-state index contributed by atoms with van der Waals surface area (Å²) < 4.78 is 10.8. The molecule has 7 nitrogen and oxygen atoms in total. The number of ether oxygens (including phenoxy) is 2. The van der Waals surface area contributed by atoms with Gasteiger partial charge in [0.25, 0.3) is 5.91 Å². The minimum Gasteiger partial charge on any atom is -0.489 e. The molecule has 0 aromatic heterocycles. The molecule has 0 fully saturated rings. The molecule has 0 heterocycles. The third-order valence-electron chi connectivity index (χ3n) is 3.99. The zero-order valence-corrected chi connectivity index (χ0v) is 16.0. The van der Waals surface area contributed by atoms with Gasteiger partial charge in [0, 0.05) is 5.56 Å². The summed E-state index contributed by atoms with van der Waals surface area (Å²) in [6.45, 7) is 0.0520. The van der Waals surface area contributed by atoms with Crippen molar-refractivity contribution in [3.63, 3.8) is 0 Å². The number of benzene rings is 3. The van der Waals surface area contributed by atoms with Gasteiger partial charge in [0.1, 0.15) is 18.1 Å². The number of amides is 1. The minimum absolute atomic E-state index is 0.345. The third-order valence-corrected chi connectivity index (χ3v) is 3.99. The zero-order chi connectivity index (χ0) is 21.2. The molecule has 0 saturated heterocycles. The molecule has 7 heteroatoms. The maximum atomic E-state index is 12.2. The quantitative estimate of drug-likeness (QED) is 0.420. The largest absolute Gasteiger partial charge is 0.489 e. The van der Waals surface area contributed by atoms with Gasteiger partial charge in [0.05, 0.1) is 6.21 Å². The maximum absolute atomic E-state index is 12.2. The average molecular weight is 404 g/mol. The number of hydrazone groups is 1. The van der Waals surface area contributed by atoms with E-state index in [0.717, 1.165) is 11.1 Å². The normalized spacial score (nSPS) is 10.5. The minimum atomic E-state index is -1.04. The molecule has 0 radical (unpaired) electrons. The van der Waals surface area contributed by atoms with Crippen LogP contribution in [0.15, 0.2) is 84.0 Å². The Kier molecular flexibility index (Phi) is 7.16. The zero-order valence-electron chi connectivity index (χ0n) is 16.0. The molecule has 0 spiro atoms. The summed E-state index contributed by atoms with van der Waals surface area (Å²) in [6.07, 6.45) is 1.48. The van der Waals surface area contributed by atoms with Gasteiger partial charge < -0.3 is 14.6 Å². The number of aliphatic carboxylic acids is 1. The molecule has 3 aromatic rings. The molecule has 3 aromatic carbocycles. The Morgan fingerprint density at radius 1 is 0.867 bits per heavy atom. The van der Waals surface area contributed by atoms with Crippen LogP contribution in [0.2, 0.25) is 0 Å². The van der Waals surface area contributed by atoms with E-state index in [1.54, 1.807) is 48.5 Å². The predicted molar refractivity (Wildman–Crippen MR) is 112 cm³/mol. The molecule has 3 rings (SSSR count). The van der Waals surface area contributed by atoms with Crippen LogP contribution in [0.25, 0.3) is 0 Å². The molecule has 0 aliphatic carbocycles. The number of carboxylic acids is 1. The fraction of sp³-hybridized carbons (Fsp3) is 0.0870. The van der Waals surface area contributed by atoms with Gasteiger partial charge in [-0.15, -0.1) is 0 Å². The van der Waals surface area contributed by atoms with Gasteiger partial charge in [-0.3, -0.25) is 4.79 Å². The summed E-state index contributed by atoms with van der Waals surface area (Å²) in [4.78, 5) is 22.7. The summed E-state index contributed by atoms with van der Waals surface area (Å²) in [7, 11) is 0. The van der Waals surface area contributed by atoms with Crippen LogP contribution in [0.3, 0.4) is 0 Å². The van der Waals surface area contributed by atoms with Gasteiger partial charge in [-0.25, -0.2) is 10.2 Å². The number of nitrogens with zero attached hydrogens (tertiary/aromatic N) is 1.